The highest BCUT2D eigenvalue weighted by atomic mass is 16.3. The predicted molar refractivity (Wildman–Crippen MR) is 151 cm³/mol. The van der Waals surface area contributed by atoms with Gasteiger partial charge in [-0.3, -0.25) is 0 Å². The summed E-state index contributed by atoms with van der Waals surface area (Å²) in [7, 11) is 2.10. The molecule has 2 heterocycles. The van der Waals surface area contributed by atoms with Gasteiger partial charge in [0.05, 0.1) is 5.56 Å². The average Bonchev–Trinajstić information content (AvgIpc) is 3.23. The largest absolute Gasteiger partial charge is 0.454 e. The normalized spacial score (nSPS) is 16.4. The van der Waals surface area contributed by atoms with Crippen LogP contribution < -0.4 is 4.57 Å². The van der Waals surface area contributed by atoms with Gasteiger partial charge in [0.25, 0.3) is 0 Å². The summed E-state index contributed by atoms with van der Waals surface area (Å²) in [4.78, 5) is 0. The Balaban J connectivity index is 1.65. The molecule has 0 atom stereocenters. The molecule has 0 radical (unpaired) electrons. The van der Waals surface area contributed by atoms with Gasteiger partial charge in [0.2, 0.25) is 5.69 Å². The van der Waals surface area contributed by atoms with Crippen LogP contribution in [0.25, 0.3) is 44.3 Å². The van der Waals surface area contributed by atoms with Crippen LogP contribution in [0.15, 0.2) is 71.3 Å². The number of aryl methyl sites for hydroxylation is 3. The molecule has 2 aromatic heterocycles. The van der Waals surface area contributed by atoms with Gasteiger partial charge >= 0.3 is 0 Å². The Morgan fingerprint density at radius 3 is 2.25 bits per heavy atom. The smallest absolute Gasteiger partial charge is 0.216 e. The maximum atomic E-state index is 6.86. The second-order valence-corrected chi connectivity index (χ2v) is 12.1. The van der Waals surface area contributed by atoms with Gasteiger partial charge in [-0.2, -0.15) is 0 Å². The lowest BCUT2D eigenvalue weighted by atomic mass is 9.63. The lowest BCUT2D eigenvalue weighted by Crippen LogP contribution is -2.33. The van der Waals surface area contributed by atoms with E-state index in [1.807, 2.05) is 0 Å². The molecule has 0 spiro atoms. The lowest BCUT2D eigenvalue weighted by molar-refractivity contribution is -0.660. The summed E-state index contributed by atoms with van der Waals surface area (Å²) in [5.74, 6) is 0. The maximum absolute atomic E-state index is 6.86. The molecule has 0 saturated heterocycles. The zero-order valence-corrected chi connectivity index (χ0v) is 22.6. The maximum Gasteiger partial charge on any atom is 0.216 e. The van der Waals surface area contributed by atoms with Gasteiger partial charge in [-0.05, 0) is 71.4 Å². The van der Waals surface area contributed by atoms with Gasteiger partial charge in [0.15, 0.2) is 6.20 Å². The SMILES string of the molecule is Cc1cc(C)c2c(oc3c(-c4ccc5c(c4)C(C)(C)CCC5(C)C)cccc32)c1-c1cccc[n+]1C. The lowest BCUT2D eigenvalue weighted by Gasteiger charge is -2.42. The van der Waals surface area contributed by atoms with Gasteiger partial charge in [-0.1, -0.05) is 70.2 Å². The van der Waals surface area contributed by atoms with Crippen molar-refractivity contribution in [2.24, 2.45) is 7.05 Å². The van der Waals surface area contributed by atoms with Gasteiger partial charge in [0.1, 0.15) is 18.2 Å². The van der Waals surface area contributed by atoms with E-state index < -0.39 is 0 Å². The second kappa shape index (κ2) is 7.80. The number of para-hydroxylation sites is 1. The van der Waals surface area contributed by atoms with E-state index in [4.69, 9.17) is 4.42 Å². The minimum Gasteiger partial charge on any atom is -0.454 e. The van der Waals surface area contributed by atoms with Crippen molar-refractivity contribution in [1.29, 1.82) is 0 Å². The molecule has 0 fully saturated rings. The van der Waals surface area contributed by atoms with Crippen LogP contribution in [-0.4, -0.2) is 0 Å². The third kappa shape index (κ3) is 3.34. The summed E-state index contributed by atoms with van der Waals surface area (Å²) in [6.45, 7) is 14.0. The summed E-state index contributed by atoms with van der Waals surface area (Å²) in [5, 5.41) is 2.41. The molecule has 182 valence electrons. The molecule has 0 saturated carbocycles. The highest BCUT2D eigenvalue weighted by Crippen LogP contribution is 2.48. The Labute approximate surface area is 214 Å². The number of fused-ring (bicyclic) bond motifs is 4. The Morgan fingerprint density at radius 2 is 1.50 bits per heavy atom. The van der Waals surface area contributed by atoms with Crippen molar-refractivity contribution < 1.29 is 8.98 Å². The highest BCUT2D eigenvalue weighted by molar-refractivity contribution is 6.14. The van der Waals surface area contributed by atoms with Gasteiger partial charge < -0.3 is 4.42 Å². The number of benzene rings is 3. The third-order valence-electron chi connectivity index (χ3n) is 8.64. The van der Waals surface area contributed by atoms with E-state index in [1.54, 1.807) is 0 Å². The Kier molecular flexibility index (Phi) is 4.99. The summed E-state index contributed by atoms with van der Waals surface area (Å²) in [6, 6.07) is 22.4. The average molecular weight is 475 g/mol. The van der Waals surface area contributed by atoms with E-state index in [0.29, 0.717) is 0 Å². The number of rotatable bonds is 2. The van der Waals surface area contributed by atoms with E-state index >= 15 is 0 Å². The van der Waals surface area contributed by atoms with Gasteiger partial charge in [0, 0.05) is 28.5 Å². The third-order valence-corrected chi connectivity index (χ3v) is 8.64. The number of hydrogen-bond acceptors (Lipinski definition) is 1. The number of aromatic nitrogens is 1. The molecule has 3 aromatic carbocycles. The monoisotopic (exact) mass is 474 g/mol. The van der Waals surface area contributed by atoms with Crippen LogP contribution in [0.1, 0.15) is 62.8 Å². The predicted octanol–water partition coefficient (Wildman–Crippen LogP) is 8.71. The fraction of sp³-hybridized carbons (Fsp3) is 0.324. The molecule has 36 heavy (non-hydrogen) atoms. The molecule has 0 unspecified atom stereocenters. The highest BCUT2D eigenvalue weighted by Gasteiger charge is 2.37. The van der Waals surface area contributed by atoms with E-state index in [-0.39, 0.29) is 10.8 Å². The number of hydrogen-bond donors (Lipinski definition) is 0. The van der Waals surface area contributed by atoms with E-state index in [2.05, 4.69) is 120 Å². The summed E-state index contributed by atoms with van der Waals surface area (Å²) in [5.41, 5.74) is 12.6. The van der Waals surface area contributed by atoms with Crippen LogP contribution in [0.2, 0.25) is 0 Å². The fourth-order valence-electron chi connectivity index (χ4n) is 6.42. The Bertz CT molecular complexity index is 1660. The quantitative estimate of drug-likeness (QED) is 0.234. The van der Waals surface area contributed by atoms with Crippen LogP contribution in [0.3, 0.4) is 0 Å². The molecule has 1 aliphatic carbocycles. The van der Waals surface area contributed by atoms with Crippen molar-refractivity contribution in [1.82, 2.24) is 0 Å². The second-order valence-electron chi connectivity index (χ2n) is 12.1. The molecule has 0 N–H and O–H groups in total. The van der Waals surface area contributed by atoms with Gasteiger partial charge in [-0.15, -0.1) is 0 Å². The Hall–Kier alpha value is -3.39. The first-order valence-corrected chi connectivity index (χ1v) is 13.1. The van der Waals surface area contributed by atoms with Crippen LogP contribution in [0.4, 0.5) is 0 Å². The van der Waals surface area contributed by atoms with Crippen LogP contribution in [0, 0.1) is 13.8 Å². The first-order chi connectivity index (χ1) is 17.1. The molecule has 0 amide bonds. The number of furan rings is 1. The van der Waals surface area contributed by atoms with Crippen molar-refractivity contribution in [3.63, 3.8) is 0 Å². The van der Waals surface area contributed by atoms with Crippen molar-refractivity contribution in [2.75, 3.05) is 0 Å². The molecule has 0 bridgehead atoms. The van der Waals surface area contributed by atoms with Crippen molar-refractivity contribution in [2.45, 2.75) is 65.2 Å². The summed E-state index contributed by atoms with van der Waals surface area (Å²) in [6.07, 6.45) is 4.54. The molecule has 1 aliphatic rings. The van der Waals surface area contributed by atoms with Crippen molar-refractivity contribution >= 4 is 21.9 Å². The molecule has 6 rings (SSSR count). The van der Waals surface area contributed by atoms with Gasteiger partial charge in [-0.25, -0.2) is 4.57 Å². The van der Waals surface area contributed by atoms with Crippen LogP contribution in [-0.2, 0) is 17.9 Å². The molecular formula is C34H36NO+. The topological polar surface area (TPSA) is 17.0 Å². The van der Waals surface area contributed by atoms with Crippen LogP contribution >= 0.6 is 0 Å². The van der Waals surface area contributed by atoms with Crippen LogP contribution in [0.5, 0.6) is 0 Å². The first-order valence-electron chi connectivity index (χ1n) is 13.1. The van der Waals surface area contributed by atoms with Crippen molar-refractivity contribution in [3.05, 3.63) is 89.1 Å². The first kappa shape index (κ1) is 23.0. The summed E-state index contributed by atoms with van der Waals surface area (Å²) >= 11 is 0. The van der Waals surface area contributed by atoms with E-state index in [9.17, 15) is 0 Å². The zero-order chi connectivity index (χ0) is 25.4. The minimum absolute atomic E-state index is 0.172. The molecule has 2 heteroatoms. The number of pyridine rings is 1. The molecular weight excluding hydrogens is 438 g/mol. The fourth-order valence-corrected chi connectivity index (χ4v) is 6.42. The molecule has 0 aliphatic heterocycles. The Morgan fingerprint density at radius 1 is 0.750 bits per heavy atom. The number of nitrogens with zero attached hydrogens (tertiary/aromatic N) is 1. The van der Waals surface area contributed by atoms with E-state index in [0.717, 1.165) is 11.2 Å². The molecule has 2 nitrogen and oxygen atoms in total. The minimum atomic E-state index is 0.172. The zero-order valence-electron chi connectivity index (χ0n) is 22.6. The summed E-state index contributed by atoms with van der Waals surface area (Å²) < 4.78 is 9.04. The van der Waals surface area contributed by atoms with E-state index in [1.165, 1.54) is 68.3 Å². The van der Waals surface area contributed by atoms with Crippen molar-refractivity contribution in [3.8, 4) is 22.4 Å². The standard InChI is InChI=1S/C34H36NO/c1-21-19-22(2)30(28-13-8-9-18-35(28)7)32-29(21)25-12-10-11-24(31(25)36-32)23-14-15-26-27(20-23)34(5,6)17-16-33(26,3)4/h8-15,18-20H,16-17H2,1-7H3/q+1. The molecule has 5 aromatic rings.